The van der Waals surface area contributed by atoms with Crippen LogP contribution in [0.1, 0.15) is 57.4 Å². The summed E-state index contributed by atoms with van der Waals surface area (Å²) in [5.41, 5.74) is 5.66. The lowest BCUT2D eigenvalue weighted by Crippen LogP contribution is -2.28. The van der Waals surface area contributed by atoms with Crippen LogP contribution >= 0.6 is 0 Å². The molecular weight excluding hydrogens is 420 g/mol. The van der Waals surface area contributed by atoms with E-state index in [1.807, 2.05) is 7.11 Å². The summed E-state index contributed by atoms with van der Waals surface area (Å²) in [4.78, 5) is 0. The van der Waals surface area contributed by atoms with Gasteiger partial charge in [-0.05, 0) is 90.6 Å². The second-order valence-corrected chi connectivity index (χ2v) is 11.0. The number of allylic oxidation sites excluding steroid dienone is 5. The highest BCUT2D eigenvalue weighted by atomic mass is 16.5. The molecule has 6 rings (SSSR count). The number of ether oxygens (including phenoxy) is 3. The first kappa shape index (κ1) is 22.2. The van der Waals surface area contributed by atoms with Gasteiger partial charge in [-0.25, -0.2) is 0 Å². The maximum atomic E-state index is 6.52. The van der Waals surface area contributed by atoms with Gasteiger partial charge in [0.2, 0.25) is 0 Å². The molecule has 6 atom stereocenters. The minimum atomic E-state index is 0.0296. The summed E-state index contributed by atoms with van der Waals surface area (Å²) >= 11 is 0. The minimum Gasteiger partial charge on any atom is -0.493 e. The average Bonchev–Trinajstić information content (AvgIpc) is 3.66. The van der Waals surface area contributed by atoms with Crippen LogP contribution < -0.4 is 0 Å². The predicted octanol–water partition coefficient (Wildman–Crippen LogP) is 7.13. The van der Waals surface area contributed by atoms with Crippen molar-refractivity contribution < 1.29 is 14.2 Å². The number of methoxy groups -OCH3 is 1. The van der Waals surface area contributed by atoms with E-state index in [2.05, 4.69) is 55.5 Å². The number of benzene rings is 1. The van der Waals surface area contributed by atoms with Gasteiger partial charge >= 0.3 is 0 Å². The summed E-state index contributed by atoms with van der Waals surface area (Å²) < 4.78 is 18.6. The zero-order chi connectivity index (χ0) is 23.1. The molecule has 1 aliphatic heterocycles. The van der Waals surface area contributed by atoms with Crippen LogP contribution in [0.2, 0.25) is 0 Å². The molecule has 0 bridgehead atoms. The van der Waals surface area contributed by atoms with E-state index in [4.69, 9.17) is 14.2 Å². The highest BCUT2D eigenvalue weighted by molar-refractivity contribution is 5.42. The fraction of sp³-hybridized carbons (Fsp3) is 0.548. The first-order valence-electron chi connectivity index (χ1n) is 13.4. The first-order chi connectivity index (χ1) is 16.7. The molecule has 1 heterocycles. The fourth-order valence-electron chi connectivity index (χ4n) is 6.73. The highest BCUT2D eigenvalue weighted by Crippen LogP contribution is 2.54. The summed E-state index contributed by atoms with van der Waals surface area (Å²) in [7, 11) is 1.82. The van der Waals surface area contributed by atoms with Gasteiger partial charge in [0.1, 0.15) is 24.2 Å². The molecule has 4 aliphatic carbocycles. The van der Waals surface area contributed by atoms with Crippen LogP contribution in [0.25, 0.3) is 0 Å². The Morgan fingerprint density at radius 1 is 1.09 bits per heavy atom. The number of hydrogen-bond acceptors (Lipinski definition) is 3. The smallest absolute Gasteiger partial charge is 0.129 e. The third-order valence-corrected chi connectivity index (χ3v) is 8.78. The van der Waals surface area contributed by atoms with Crippen LogP contribution in [0, 0.1) is 29.6 Å². The monoisotopic (exact) mass is 458 g/mol. The lowest BCUT2D eigenvalue weighted by atomic mass is 9.70. The molecule has 3 fully saturated rings. The summed E-state index contributed by atoms with van der Waals surface area (Å²) in [5.74, 6) is 5.67. The molecular formula is C31H38O3. The number of rotatable bonds is 4. The quantitative estimate of drug-likeness (QED) is 0.480. The third-order valence-electron chi connectivity index (χ3n) is 8.78. The Bertz CT molecular complexity index is 1030. The second-order valence-electron chi connectivity index (χ2n) is 11.0. The van der Waals surface area contributed by atoms with Crippen molar-refractivity contribution in [2.24, 2.45) is 29.6 Å². The lowest BCUT2D eigenvalue weighted by molar-refractivity contribution is 0.0546. The topological polar surface area (TPSA) is 27.7 Å². The molecule has 3 heteroatoms. The molecule has 5 unspecified atom stereocenters. The Morgan fingerprint density at radius 2 is 1.97 bits per heavy atom. The Balaban J connectivity index is 1.26. The van der Waals surface area contributed by atoms with Gasteiger partial charge in [-0.15, -0.1) is 0 Å². The molecule has 0 aromatic heterocycles. The van der Waals surface area contributed by atoms with Gasteiger partial charge in [0, 0.05) is 13.0 Å². The SMILES string of the molecule is CO[C@H]1CC=C2CC(C)C3C=C4C(=CC3CCCCC2=C1OCc1ccccc1)OCC1CC41. The second kappa shape index (κ2) is 9.41. The Morgan fingerprint density at radius 3 is 2.82 bits per heavy atom. The maximum absolute atomic E-state index is 6.52. The van der Waals surface area contributed by atoms with Gasteiger partial charge in [0.05, 0.1) is 6.61 Å². The maximum Gasteiger partial charge on any atom is 0.129 e. The summed E-state index contributed by atoms with van der Waals surface area (Å²) in [6, 6.07) is 10.5. The van der Waals surface area contributed by atoms with Gasteiger partial charge in [0.15, 0.2) is 0 Å². The zero-order valence-electron chi connectivity index (χ0n) is 20.7. The Kier molecular flexibility index (Phi) is 6.15. The van der Waals surface area contributed by atoms with Crippen molar-refractivity contribution in [2.75, 3.05) is 13.7 Å². The van der Waals surface area contributed by atoms with Crippen LogP contribution in [-0.4, -0.2) is 19.8 Å². The summed E-state index contributed by atoms with van der Waals surface area (Å²) in [6.07, 6.45) is 15.7. The molecule has 5 aliphatic rings. The van der Waals surface area contributed by atoms with Crippen LogP contribution in [0.5, 0.6) is 0 Å². The molecule has 1 saturated heterocycles. The van der Waals surface area contributed by atoms with E-state index >= 15 is 0 Å². The van der Waals surface area contributed by atoms with Crippen molar-refractivity contribution in [2.45, 2.75) is 64.6 Å². The van der Waals surface area contributed by atoms with Crippen molar-refractivity contribution in [3.05, 3.63) is 82.4 Å². The van der Waals surface area contributed by atoms with E-state index < -0.39 is 0 Å². The minimum absolute atomic E-state index is 0.0296. The molecule has 34 heavy (non-hydrogen) atoms. The molecule has 3 nitrogen and oxygen atoms in total. The fourth-order valence-corrected chi connectivity index (χ4v) is 6.73. The van der Waals surface area contributed by atoms with E-state index in [1.165, 1.54) is 53.7 Å². The Hall–Kier alpha value is -2.26. The van der Waals surface area contributed by atoms with Gasteiger partial charge < -0.3 is 14.2 Å². The van der Waals surface area contributed by atoms with Crippen LogP contribution in [0.4, 0.5) is 0 Å². The highest BCUT2D eigenvalue weighted by Gasteiger charge is 2.47. The standard InChI is InChI=1S/C31H38O3/c1-20-14-23-12-13-29(32-2)31(34-18-21-8-4-3-5-9-21)25(23)11-7-6-10-22-16-30-28(17-26(20)22)27-15-24(27)19-33-30/h3-5,8-9,12,16-17,20,22,24,26-27,29H,6-7,10-11,13-15,18-19H2,1-2H3/t20?,22?,24?,26?,27?,29-/m0/s1. The van der Waals surface area contributed by atoms with E-state index in [-0.39, 0.29) is 6.10 Å². The molecule has 0 spiro atoms. The van der Waals surface area contributed by atoms with Gasteiger partial charge in [-0.1, -0.05) is 55.8 Å². The molecule has 0 N–H and O–H groups in total. The molecule has 180 valence electrons. The Labute approximate surface area is 204 Å². The molecule has 1 aromatic carbocycles. The van der Waals surface area contributed by atoms with Gasteiger partial charge in [-0.2, -0.15) is 0 Å². The van der Waals surface area contributed by atoms with E-state index in [0.717, 1.165) is 43.5 Å². The van der Waals surface area contributed by atoms with Crippen molar-refractivity contribution in [3.8, 4) is 0 Å². The van der Waals surface area contributed by atoms with Crippen molar-refractivity contribution in [3.63, 3.8) is 0 Å². The molecule has 0 amide bonds. The average molecular weight is 459 g/mol. The number of fused-ring (bicyclic) bond motifs is 5. The van der Waals surface area contributed by atoms with Crippen LogP contribution in [0.3, 0.4) is 0 Å². The van der Waals surface area contributed by atoms with Crippen molar-refractivity contribution >= 4 is 0 Å². The molecule has 1 aromatic rings. The van der Waals surface area contributed by atoms with Crippen molar-refractivity contribution in [1.82, 2.24) is 0 Å². The first-order valence-corrected chi connectivity index (χ1v) is 13.4. The van der Waals surface area contributed by atoms with E-state index in [1.54, 1.807) is 0 Å². The lowest BCUT2D eigenvalue weighted by Gasteiger charge is -2.37. The van der Waals surface area contributed by atoms with Crippen LogP contribution in [0.15, 0.2) is 76.8 Å². The van der Waals surface area contributed by atoms with Gasteiger partial charge in [0.25, 0.3) is 0 Å². The molecule has 0 radical (unpaired) electrons. The predicted molar refractivity (Wildman–Crippen MR) is 135 cm³/mol. The van der Waals surface area contributed by atoms with Crippen molar-refractivity contribution in [1.29, 1.82) is 0 Å². The molecule has 2 saturated carbocycles. The normalized spacial score (nSPS) is 34.7. The summed E-state index contributed by atoms with van der Waals surface area (Å²) in [6.45, 7) is 4.01. The zero-order valence-corrected chi connectivity index (χ0v) is 20.7. The largest absolute Gasteiger partial charge is 0.493 e. The van der Waals surface area contributed by atoms with Gasteiger partial charge in [-0.3, -0.25) is 0 Å². The third kappa shape index (κ3) is 4.28. The van der Waals surface area contributed by atoms with Crippen LogP contribution in [-0.2, 0) is 20.8 Å². The van der Waals surface area contributed by atoms with E-state index in [9.17, 15) is 0 Å². The summed E-state index contributed by atoms with van der Waals surface area (Å²) in [5, 5.41) is 0. The number of hydrogen-bond donors (Lipinski definition) is 0. The van der Waals surface area contributed by atoms with E-state index in [0.29, 0.717) is 24.4 Å².